The van der Waals surface area contributed by atoms with E-state index in [4.69, 9.17) is 4.74 Å². The summed E-state index contributed by atoms with van der Waals surface area (Å²) in [5, 5.41) is 1.74. The number of ether oxygens (including phenoxy) is 1. The maximum atomic E-state index is 12.8. The summed E-state index contributed by atoms with van der Waals surface area (Å²) in [6, 6.07) is 8.57. The van der Waals surface area contributed by atoms with Gasteiger partial charge in [0, 0.05) is 26.1 Å². The smallest absolute Gasteiger partial charge is 0.338 e. The van der Waals surface area contributed by atoms with Crippen LogP contribution in [0.5, 0.6) is 0 Å². The van der Waals surface area contributed by atoms with Gasteiger partial charge in [-0.1, -0.05) is 17.4 Å². The lowest BCUT2D eigenvalue weighted by atomic mass is 9.98. The number of esters is 1. The van der Waals surface area contributed by atoms with Crippen LogP contribution in [-0.4, -0.2) is 48.9 Å². The number of hydrogen-bond donors (Lipinski definition) is 0. The second-order valence-electron chi connectivity index (χ2n) is 7.41. The van der Waals surface area contributed by atoms with Gasteiger partial charge in [-0.15, -0.1) is 11.3 Å². The normalized spacial score (nSPS) is 16.5. The van der Waals surface area contributed by atoms with Gasteiger partial charge in [0.15, 0.2) is 4.80 Å². The maximum Gasteiger partial charge on any atom is 0.338 e. The molecule has 1 saturated heterocycles. The molecule has 4 rings (SSSR count). The minimum atomic E-state index is -3.50. The molecule has 1 aromatic carbocycles. The Labute approximate surface area is 193 Å². The van der Waals surface area contributed by atoms with Crippen LogP contribution in [0.4, 0.5) is 0 Å². The van der Waals surface area contributed by atoms with Crippen molar-refractivity contribution in [1.29, 1.82) is 0 Å². The molecule has 1 fully saturated rings. The van der Waals surface area contributed by atoms with E-state index in [9.17, 15) is 18.0 Å². The minimum Gasteiger partial charge on any atom is -0.462 e. The zero-order chi connectivity index (χ0) is 22.9. The number of carbonyl (C=O) groups excluding carboxylic acids is 2. The quantitative estimate of drug-likeness (QED) is 0.509. The Morgan fingerprint density at radius 2 is 1.97 bits per heavy atom. The number of nitrogens with zero attached hydrogens (tertiary/aromatic N) is 3. The van der Waals surface area contributed by atoms with Gasteiger partial charge in [-0.25, -0.2) is 13.2 Å². The fourth-order valence-electron chi connectivity index (χ4n) is 3.65. The summed E-state index contributed by atoms with van der Waals surface area (Å²) in [4.78, 5) is 29.7. The average Bonchev–Trinajstić information content (AvgIpc) is 3.43. The van der Waals surface area contributed by atoms with E-state index in [-0.39, 0.29) is 17.8 Å². The lowest BCUT2D eigenvalue weighted by molar-refractivity contribution is -0.122. The van der Waals surface area contributed by atoms with Gasteiger partial charge >= 0.3 is 5.97 Å². The molecule has 0 N–H and O–H groups in total. The number of aromatic nitrogens is 1. The standard InChI is InChI=1S/C21H23N3O5S3/c1-3-29-20(26)15-6-7-16-17(13-15)31-21(23(16)2)22-19(25)14-8-10-24(11-9-14)32(27,28)18-5-4-12-30-18/h4-7,12-14H,3,8-11H2,1-2H3. The number of amides is 1. The number of thiophene rings is 1. The lowest BCUT2D eigenvalue weighted by Gasteiger charge is -2.29. The molecule has 3 aromatic rings. The Bertz CT molecular complexity index is 1310. The van der Waals surface area contributed by atoms with Crippen LogP contribution in [0.25, 0.3) is 10.2 Å². The van der Waals surface area contributed by atoms with Crippen LogP contribution in [0, 0.1) is 5.92 Å². The van der Waals surface area contributed by atoms with E-state index in [1.807, 2.05) is 17.7 Å². The summed E-state index contributed by atoms with van der Waals surface area (Å²) >= 11 is 2.53. The number of sulfonamides is 1. The van der Waals surface area contributed by atoms with Crippen molar-refractivity contribution < 1.29 is 22.7 Å². The van der Waals surface area contributed by atoms with Crippen molar-refractivity contribution in [2.24, 2.45) is 18.0 Å². The van der Waals surface area contributed by atoms with Crippen molar-refractivity contribution in [2.75, 3.05) is 19.7 Å². The van der Waals surface area contributed by atoms with Crippen molar-refractivity contribution in [3.63, 3.8) is 0 Å². The summed E-state index contributed by atoms with van der Waals surface area (Å²) < 4.78 is 34.8. The van der Waals surface area contributed by atoms with Crippen molar-refractivity contribution in [3.05, 3.63) is 46.1 Å². The first kappa shape index (κ1) is 22.8. The number of carbonyl (C=O) groups is 2. The maximum absolute atomic E-state index is 12.8. The molecule has 2 aromatic heterocycles. The van der Waals surface area contributed by atoms with E-state index >= 15 is 0 Å². The predicted octanol–water partition coefficient (Wildman–Crippen LogP) is 3.01. The Hall–Kier alpha value is -2.34. The number of rotatable bonds is 5. The molecular weight excluding hydrogens is 470 g/mol. The Morgan fingerprint density at radius 3 is 2.62 bits per heavy atom. The van der Waals surface area contributed by atoms with E-state index in [0.29, 0.717) is 47.1 Å². The summed E-state index contributed by atoms with van der Waals surface area (Å²) in [6.07, 6.45) is 0.878. The monoisotopic (exact) mass is 493 g/mol. The van der Waals surface area contributed by atoms with Gasteiger partial charge in [0.25, 0.3) is 15.9 Å². The number of benzene rings is 1. The van der Waals surface area contributed by atoms with Gasteiger partial charge in [-0.3, -0.25) is 4.79 Å². The summed E-state index contributed by atoms with van der Waals surface area (Å²) in [5.74, 6) is -0.944. The van der Waals surface area contributed by atoms with Crippen molar-refractivity contribution in [3.8, 4) is 0 Å². The Morgan fingerprint density at radius 1 is 1.22 bits per heavy atom. The Balaban J connectivity index is 1.50. The molecule has 170 valence electrons. The van der Waals surface area contributed by atoms with Gasteiger partial charge in [0.1, 0.15) is 4.21 Å². The molecule has 1 amide bonds. The third kappa shape index (κ3) is 4.42. The highest BCUT2D eigenvalue weighted by Gasteiger charge is 2.32. The van der Waals surface area contributed by atoms with Crippen molar-refractivity contribution in [2.45, 2.75) is 24.0 Å². The fourth-order valence-corrected chi connectivity index (χ4v) is 7.33. The zero-order valence-electron chi connectivity index (χ0n) is 17.7. The van der Waals surface area contributed by atoms with Crippen LogP contribution in [0.15, 0.2) is 44.9 Å². The number of fused-ring (bicyclic) bond motifs is 1. The van der Waals surface area contributed by atoms with Gasteiger partial charge in [-0.05, 0) is 49.4 Å². The molecule has 0 radical (unpaired) electrons. The molecule has 1 aliphatic heterocycles. The molecule has 3 heterocycles. The van der Waals surface area contributed by atoms with Gasteiger partial charge in [0.05, 0.1) is 22.4 Å². The first-order valence-electron chi connectivity index (χ1n) is 10.2. The fraction of sp³-hybridized carbons (Fsp3) is 0.381. The van der Waals surface area contributed by atoms with E-state index in [1.54, 1.807) is 36.6 Å². The first-order chi connectivity index (χ1) is 15.3. The molecule has 11 heteroatoms. The van der Waals surface area contributed by atoms with Gasteiger partial charge < -0.3 is 9.30 Å². The molecule has 0 atom stereocenters. The predicted molar refractivity (Wildman–Crippen MR) is 123 cm³/mol. The molecule has 0 unspecified atom stereocenters. The molecule has 8 nitrogen and oxygen atoms in total. The lowest BCUT2D eigenvalue weighted by Crippen LogP contribution is -2.40. The number of piperidine rings is 1. The van der Waals surface area contributed by atoms with E-state index in [2.05, 4.69) is 4.99 Å². The third-order valence-corrected chi connectivity index (χ3v) is 9.79. The molecule has 0 saturated carbocycles. The highest BCUT2D eigenvalue weighted by Crippen LogP contribution is 2.27. The van der Waals surface area contributed by atoms with E-state index < -0.39 is 10.0 Å². The van der Waals surface area contributed by atoms with Crippen LogP contribution in [0.3, 0.4) is 0 Å². The molecular formula is C21H23N3O5S3. The van der Waals surface area contributed by atoms with Crippen LogP contribution in [-0.2, 0) is 26.6 Å². The van der Waals surface area contributed by atoms with Gasteiger partial charge in [-0.2, -0.15) is 9.30 Å². The Kier molecular flexibility index (Phi) is 6.61. The second kappa shape index (κ2) is 9.26. The van der Waals surface area contributed by atoms with E-state index in [1.165, 1.54) is 27.0 Å². The van der Waals surface area contributed by atoms with Crippen LogP contribution < -0.4 is 4.80 Å². The number of aryl methyl sites for hydroxylation is 1. The largest absolute Gasteiger partial charge is 0.462 e. The third-order valence-electron chi connectivity index (χ3n) is 5.42. The highest BCUT2D eigenvalue weighted by atomic mass is 32.2. The zero-order valence-corrected chi connectivity index (χ0v) is 20.1. The minimum absolute atomic E-state index is 0.244. The molecule has 0 spiro atoms. The number of thiazole rings is 1. The summed E-state index contributed by atoms with van der Waals surface area (Å²) in [7, 11) is -1.67. The van der Waals surface area contributed by atoms with Crippen LogP contribution >= 0.6 is 22.7 Å². The van der Waals surface area contributed by atoms with Crippen molar-refractivity contribution in [1.82, 2.24) is 8.87 Å². The summed E-state index contributed by atoms with van der Waals surface area (Å²) in [6.45, 7) is 2.66. The molecule has 0 aliphatic carbocycles. The van der Waals surface area contributed by atoms with E-state index in [0.717, 1.165) is 10.2 Å². The second-order valence-corrected chi connectivity index (χ2v) is 11.5. The highest BCUT2D eigenvalue weighted by molar-refractivity contribution is 7.91. The average molecular weight is 494 g/mol. The van der Waals surface area contributed by atoms with Crippen LogP contribution in [0.1, 0.15) is 30.1 Å². The summed E-state index contributed by atoms with van der Waals surface area (Å²) in [5.41, 5.74) is 1.32. The molecule has 32 heavy (non-hydrogen) atoms. The van der Waals surface area contributed by atoms with Crippen LogP contribution in [0.2, 0.25) is 0 Å². The first-order valence-corrected chi connectivity index (χ1v) is 13.3. The molecule has 0 bridgehead atoms. The SMILES string of the molecule is CCOC(=O)c1ccc2c(c1)sc(=NC(=O)C1CCN(S(=O)(=O)c3cccs3)CC1)n2C. The number of hydrogen-bond acceptors (Lipinski definition) is 7. The van der Waals surface area contributed by atoms with Gasteiger partial charge in [0.2, 0.25) is 0 Å². The van der Waals surface area contributed by atoms with Crippen molar-refractivity contribution >= 4 is 54.8 Å². The molecule has 1 aliphatic rings. The topological polar surface area (TPSA) is 98.0 Å².